The van der Waals surface area contributed by atoms with Crippen LogP contribution < -0.4 is 10.2 Å². The summed E-state index contributed by atoms with van der Waals surface area (Å²) in [5, 5.41) is 2.93. The van der Waals surface area contributed by atoms with E-state index in [0.717, 1.165) is 12.1 Å². The molecule has 1 amide bonds. The summed E-state index contributed by atoms with van der Waals surface area (Å²) < 4.78 is 0. The van der Waals surface area contributed by atoms with Gasteiger partial charge in [-0.05, 0) is 43.0 Å². The minimum Gasteiger partial charge on any atom is -0.350 e. The SMILES string of the molecule is CC(C)CNC(=O)c1cc(N2c3ccccc3CC2C)ccn1. The average molecular weight is 309 g/mol. The van der Waals surface area contributed by atoms with E-state index in [1.165, 1.54) is 11.3 Å². The molecule has 1 aromatic carbocycles. The molecule has 4 nitrogen and oxygen atoms in total. The molecular formula is C19H23N3O. The highest BCUT2D eigenvalue weighted by Crippen LogP contribution is 2.37. The van der Waals surface area contributed by atoms with Gasteiger partial charge in [-0.15, -0.1) is 0 Å². The number of hydrogen-bond donors (Lipinski definition) is 1. The summed E-state index contributed by atoms with van der Waals surface area (Å²) in [5.74, 6) is 0.313. The molecule has 2 heterocycles. The molecule has 1 atom stereocenters. The van der Waals surface area contributed by atoms with Gasteiger partial charge in [0.05, 0.1) is 0 Å². The maximum Gasteiger partial charge on any atom is 0.269 e. The van der Waals surface area contributed by atoms with Crippen LogP contribution in [0.15, 0.2) is 42.6 Å². The third kappa shape index (κ3) is 3.21. The molecule has 0 saturated carbocycles. The number of nitrogens with one attached hydrogen (secondary N) is 1. The first kappa shape index (κ1) is 15.5. The maximum absolute atomic E-state index is 12.3. The Morgan fingerprint density at radius 3 is 2.91 bits per heavy atom. The summed E-state index contributed by atoms with van der Waals surface area (Å²) in [6.07, 6.45) is 2.74. The number of carbonyl (C=O) groups excluding carboxylic acids is 1. The van der Waals surface area contributed by atoms with Crippen LogP contribution in [0.25, 0.3) is 0 Å². The summed E-state index contributed by atoms with van der Waals surface area (Å²) in [5.41, 5.74) is 4.06. The van der Waals surface area contributed by atoms with Crippen molar-refractivity contribution < 1.29 is 4.79 Å². The van der Waals surface area contributed by atoms with Crippen LogP contribution in [0.1, 0.15) is 36.8 Å². The third-order valence-corrected chi connectivity index (χ3v) is 4.13. The molecule has 3 rings (SSSR count). The molecule has 0 saturated heterocycles. The predicted octanol–water partition coefficient (Wildman–Crippen LogP) is 3.55. The number of carbonyl (C=O) groups is 1. The lowest BCUT2D eigenvalue weighted by Gasteiger charge is -2.25. The minimum atomic E-state index is -0.110. The van der Waals surface area contributed by atoms with Crippen LogP contribution >= 0.6 is 0 Å². The molecule has 1 aliphatic heterocycles. The van der Waals surface area contributed by atoms with Crippen molar-refractivity contribution in [3.63, 3.8) is 0 Å². The van der Waals surface area contributed by atoms with Gasteiger partial charge in [-0.3, -0.25) is 9.78 Å². The van der Waals surface area contributed by atoms with Crippen molar-refractivity contribution in [1.82, 2.24) is 10.3 Å². The zero-order valence-electron chi connectivity index (χ0n) is 13.9. The number of pyridine rings is 1. The fourth-order valence-electron chi connectivity index (χ4n) is 3.04. The Balaban J connectivity index is 1.87. The lowest BCUT2D eigenvalue weighted by molar-refractivity contribution is 0.0944. The zero-order valence-corrected chi connectivity index (χ0v) is 13.9. The summed E-state index contributed by atoms with van der Waals surface area (Å²) in [4.78, 5) is 18.8. The quantitative estimate of drug-likeness (QED) is 0.939. The van der Waals surface area contributed by atoms with E-state index in [1.807, 2.05) is 12.1 Å². The normalized spacial score (nSPS) is 16.5. The number of fused-ring (bicyclic) bond motifs is 1. The smallest absolute Gasteiger partial charge is 0.269 e. The molecule has 23 heavy (non-hydrogen) atoms. The van der Waals surface area contributed by atoms with Crippen LogP contribution in [-0.2, 0) is 6.42 Å². The number of para-hydroxylation sites is 1. The summed E-state index contributed by atoms with van der Waals surface area (Å²) in [7, 11) is 0. The van der Waals surface area contributed by atoms with Crippen molar-refractivity contribution in [3.05, 3.63) is 53.9 Å². The van der Waals surface area contributed by atoms with Gasteiger partial charge in [0.25, 0.3) is 5.91 Å². The fraction of sp³-hybridized carbons (Fsp3) is 0.368. The van der Waals surface area contributed by atoms with Gasteiger partial charge in [0, 0.05) is 30.2 Å². The maximum atomic E-state index is 12.3. The topological polar surface area (TPSA) is 45.2 Å². The minimum absolute atomic E-state index is 0.110. The molecule has 1 N–H and O–H groups in total. The first-order valence-electron chi connectivity index (χ1n) is 8.17. The highest BCUT2D eigenvalue weighted by atomic mass is 16.1. The second-order valence-corrected chi connectivity index (χ2v) is 6.56. The number of rotatable bonds is 4. The number of benzene rings is 1. The second-order valence-electron chi connectivity index (χ2n) is 6.56. The van der Waals surface area contributed by atoms with Gasteiger partial charge in [0.15, 0.2) is 0 Å². The Morgan fingerprint density at radius 1 is 1.35 bits per heavy atom. The number of aromatic nitrogens is 1. The van der Waals surface area contributed by atoms with Crippen molar-refractivity contribution in [2.75, 3.05) is 11.4 Å². The molecule has 0 aliphatic carbocycles. The van der Waals surface area contributed by atoms with E-state index in [0.29, 0.717) is 24.2 Å². The van der Waals surface area contributed by atoms with Crippen LogP contribution in [0.3, 0.4) is 0 Å². The lowest BCUT2D eigenvalue weighted by Crippen LogP contribution is -2.29. The number of amides is 1. The first-order valence-corrected chi connectivity index (χ1v) is 8.17. The van der Waals surface area contributed by atoms with Crippen LogP contribution in [0, 0.1) is 5.92 Å². The van der Waals surface area contributed by atoms with Gasteiger partial charge < -0.3 is 10.2 Å². The molecule has 0 fully saturated rings. The standard InChI is InChI=1S/C19H23N3O/c1-13(2)12-21-19(23)17-11-16(8-9-20-17)22-14(3)10-15-6-4-5-7-18(15)22/h4-9,11,13-14H,10,12H2,1-3H3,(H,21,23). The number of anilines is 2. The Hall–Kier alpha value is -2.36. The summed E-state index contributed by atoms with van der Waals surface area (Å²) in [6.45, 7) is 7.02. The largest absolute Gasteiger partial charge is 0.350 e. The molecule has 1 aromatic heterocycles. The first-order chi connectivity index (χ1) is 11.1. The highest BCUT2D eigenvalue weighted by molar-refractivity contribution is 5.93. The van der Waals surface area contributed by atoms with Crippen LogP contribution in [0.2, 0.25) is 0 Å². The average Bonchev–Trinajstić information content (AvgIpc) is 2.88. The monoisotopic (exact) mass is 309 g/mol. The molecule has 1 aliphatic rings. The van der Waals surface area contributed by atoms with Crippen LogP contribution in [0.4, 0.5) is 11.4 Å². The summed E-state index contributed by atoms with van der Waals surface area (Å²) in [6, 6.07) is 12.7. The Kier molecular flexibility index (Phi) is 4.33. The van der Waals surface area contributed by atoms with Crippen molar-refractivity contribution in [2.24, 2.45) is 5.92 Å². The van der Waals surface area contributed by atoms with E-state index >= 15 is 0 Å². The molecule has 0 bridgehead atoms. The Labute approximate surface area is 137 Å². The molecule has 120 valence electrons. The van der Waals surface area contributed by atoms with E-state index < -0.39 is 0 Å². The highest BCUT2D eigenvalue weighted by Gasteiger charge is 2.27. The second kappa shape index (κ2) is 6.41. The third-order valence-electron chi connectivity index (χ3n) is 4.13. The number of nitrogens with zero attached hydrogens (tertiary/aromatic N) is 2. The van der Waals surface area contributed by atoms with Crippen LogP contribution in [0.5, 0.6) is 0 Å². The lowest BCUT2D eigenvalue weighted by atomic mass is 10.1. The molecule has 4 heteroatoms. The fourth-order valence-corrected chi connectivity index (χ4v) is 3.04. The van der Waals surface area contributed by atoms with Crippen molar-refractivity contribution in [3.8, 4) is 0 Å². The Bertz CT molecular complexity index is 711. The predicted molar refractivity (Wildman–Crippen MR) is 93.2 cm³/mol. The van der Waals surface area contributed by atoms with Gasteiger partial charge in [-0.2, -0.15) is 0 Å². The van der Waals surface area contributed by atoms with Gasteiger partial charge in [0.1, 0.15) is 5.69 Å². The molecule has 0 spiro atoms. The van der Waals surface area contributed by atoms with E-state index in [-0.39, 0.29) is 5.91 Å². The molecule has 1 unspecified atom stereocenters. The van der Waals surface area contributed by atoms with E-state index in [4.69, 9.17) is 0 Å². The number of hydrogen-bond acceptors (Lipinski definition) is 3. The molecule has 0 radical (unpaired) electrons. The van der Waals surface area contributed by atoms with E-state index in [9.17, 15) is 4.79 Å². The molecule has 2 aromatic rings. The van der Waals surface area contributed by atoms with Crippen LogP contribution in [-0.4, -0.2) is 23.5 Å². The van der Waals surface area contributed by atoms with Gasteiger partial charge in [0.2, 0.25) is 0 Å². The van der Waals surface area contributed by atoms with E-state index in [2.05, 4.69) is 60.2 Å². The van der Waals surface area contributed by atoms with Crippen molar-refractivity contribution in [2.45, 2.75) is 33.2 Å². The van der Waals surface area contributed by atoms with E-state index in [1.54, 1.807) is 6.20 Å². The van der Waals surface area contributed by atoms with Gasteiger partial charge in [-0.1, -0.05) is 32.0 Å². The molecular weight excluding hydrogens is 286 g/mol. The van der Waals surface area contributed by atoms with Gasteiger partial charge >= 0.3 is 0 Å². The van der Waals surface area contributed by atoms with Gasteiger partial charge in [-0.25, -0.2) is 0 Å². The zero-order chi connectivity index (χ0) is 16.4. The van der Waals surface area contributed by atoms with Crippen molar-refractivity contribution in [1.29, 1.82) is 0 Å². The van der Waals surface area contributed by atoms with Crippen molar-refractivity contribution >= 4 is 17.3 Å². The summed E-state index contributed by atoms with van der Waals surface area (Å²) >= 11 is 0. The Morgan fingerprint density at radius 2 is 2.13 bits per heavy atom.